The lowest BCUT2D eigenvalue weighted by Crippen LogP contribution is -2.36. The molecule has 0 heterocycles. The molecule has 5 N–H and O–H groups in total. The molecule has 1 unspecified atom stereocenters. The molecule has 0 amide bonds. The first-order valence-corrected chi connectivity index (χ1v) is 5.43. The van der Waals surface area contributed by atoms with Crippen LogP contribution in [0.2, 0.25) is 6.04 Å². The van der Waals surface area contributed by atoms with E-state index in [-0.39, 0.29) is 12.1 Å². The predicted octanol–water partition coefficient (Wildman–Crippen LogP) is -0.970. The molecule has 0 aromatic carbocycles. The monoisotopic (exact) mass is 165 g/mol. The lowest BCUT2D eigenvalue weighted by Gasteiger charge is -2.12. The Morgan fingerprint density at radius 1 is 1.40 bits per heavy atom. The summed E-state index contributed by atoms with van der Waals surface area (Å²) in [4.78, 5) is 25.7. The Morgan fingerprint density at radius 2 is 1.90 bits per heavy atom. The van der Waals surface area contributed by atoms with Gasteiger partial charge in [0.05, 0.1) is 0 Å². The fraction of sp³-hybridized carbons (Fsp3) is 1.00. The van der Waals surface area contributed by atoms with Crippen molar-refractivity contribution in [2.24, 2.45) is 5.73 Å². The zero-order chi connectivity index (χ0) is 8.20. The fourth-order valence-corrected chi connectivity index (χ4v) is 1.34. The van der Waals surface area contributed by atoms with Gasteiger partial charge in [-0.3, -0.25) is 0 Å². The molecule has 10 heavy (non-hydrogen) atoms. The number of rotatable bonds is 4. The van der Waals surface area contributed by atoms with E-state index in [1.165, 1.54) is 0 Å². The second-order valence-electron chi connectivity index (χ2n) is 2.48. The third-order valence-corrected chi connectivity index (χ3v) is 2.33. The van der Waals surface area contributed by atoms with Crippen molar-refractivity contribution < 1.29 is 14.4 Å². The molecular formula is C5H15NO3Si. The van der Waals surface area contributed by atoms with Gasteiger partial charge in [0.2, 0.25) is 0 Å². The van der Waals surface area contributed by atoms with Crippen LogP contribution in [0.1, 0.15) is 19.8 Å². The summed E-state index contributed by atoms with van der Waals surface area (Å²) in [6, 6.07) is 0.0143. The first-order chi connectivity index (χ1) is 4.45. The summed E-state index contributed by atoms with van der Waals surface area (Å²) < 4.78 is 0. The molecule has 62 valence electrons. The van der Waals surface area contributed by atoms with E-state index in [0.717, 1.165) is 6.42 Å². The van der Waals surface area contributed by atoms with Gasteiger partial charge in [0.15, 0.2) is 0 Å². The van der Waals surface area contributed by atoms with E-state index >= 15 is 0 Å². The Bertz CT molecular complexity index is 93.4. The lowest BCUT2D eigenvalue weighted by molar-refractivity contribution is 0.225. The zero-order valence-corrected chi connectivity index (χ0v) is 7.12. The van der Waals surface area contributed by atoms with E-state index in [1.807, 2.05) is 6.92 Å². The van der Waals surface area contributed by atoms with Gasteiger partial charge in [0.1, 0.15) is 0 Å². The molecule has 0 saturated heterocycles. The SMILES string of the molecule is CCC(N)CC[Si](O)(O)O. The second kappa shape index (κ2) is 4.04. The Hall–Kier alpha value is 0.0569. The highest BCUT2D eigenvalue weighted by atomic mass is 28.4. The summed E-state index contributed by atoms with van der Waals surface area (Å²) in [5.41, 5.74) is 5.47. The lowest BCUT2D eigenvalue weighted by atomic mass is 10.2. The number of hydrogen-bond acceptors (Lipinski definition) is 4. The largest absolute Gasteiger partial charge is 0.492 e. The molecule has 0 bridgehead atoms. The van der Waals surface area contributed by atoms with Crippen molar-refractivity contribution in [1.29, 1.82) is 0 Å². The topological polar surface area (TPSA) is 86.7 Å². The minimum atomic E-state index is -3.82. The minimum Gasteiger partial charge on any atom is -0.390 e. The van der Waals surface area contributed by atoms with Gasteiger partial charge < -0.3 is 20.1 Å². The van der Waals surface area contributed by atoms with Gasteiger partial charge in [-0.05, 0) is 12.8 Å². The van der Waals surface area contributed by atoms with Crippen LogP contribution < -0.4 is 5.73 Å². The number of nitrogens with two attached hydrogens (primary N) is 1. The summed E-state index contributed by atoms with van der Waals surface area (Å²) in [7, 11) is -3.82. The van der Waals surface area contributed by atoms with Crippen molar-refractivity contribution in [1.82, 2.24) is 0 Å². The van der Waals surface area contributed by atoms with E-state index in [2.05, 4.69) is 0 Å². The Balaban J connectivity index is 3.36. The third kappa shape index (κ3) is 6.18. The van der Waals surface area contributed by atoms with Crippen LogP contribution in [-0.4, -0.2) is 29.2 Å². The molecule has 0 aromatic heterocycles. The van der Waals surface area contributed by atoms with Gasteiger partial charge in [0.25, 0.3) is 0 Å². The Kier molecular flexibility index (Phi) is 4.07. The van der Waals surface area contributed by atoms with Crippen LogP contribution in [0.25, 0.3) is 0 Å². The van der Waals surface area contributed by atoms with Crippen LogP contribution in [0, 0.1) is 0 Å². The molecule has 0 saturated carbocycles. The van der Waals surface area contributed by atoms with Crippen molar-refractivity contribution in [3.63, 3.8) is 0 Å². The molecule has 0 aliphatic carbocycles. The van der Waals surface area contributed by atoms with Crippen LogP contribution >= 0.6 is 0 Å². The van der Waals surface area contributed by atoms with Gasteiger partial charge in [-0.2, -0.15) is 0 Å². The van der Waals surface area contributed by atoms with E-state index in [9.17, 15) is 0 Å². The summed E-state index contributed by atoms with van der Waals surface area (Å²) >= 11 is 0. The van der Waals surface area contributed by atoms with E-state index in [1.54, 1.807) is 0 Å². The summed E-state index contributed by atoms with van der Waals surface area (Å²) in [5, 5.41) is 0. The van der Waals surface area contributed by atoms with Crippen LogP contribution in [-0.2, 0) is 0 Å². The maximum absolute atomic E-state index is 8.56. The molecule has 0 aromatic rings. The van der Waals surface area contributed by atoms with Crippen molar-refractivity contribution >= 4 is 8.80 Å². The highest BCUT2D eigenvalue weighted by Gasteiger charge is 2.26. The molecule has 0 aliphatic rings. The fourth-order valence-electron chi connectivity index (χ4n) is 0.583. The van der Waals surface area contributed by atoms with Crippen LogP contribution in [0.4, 0.5) is 0 Å². The van der Waals surface area contributed by atoms with Crippen LogP contribution in [0.3, 0.4) is 0 Å². The molecule has 0 rings (SSSR count). The first kappa shape index (κ1) is 10.1. The van der Waals surface area contributed by atoms with E-state index in [0.29, 0.717) is 6.42 Å². The summed E-state index contributed by atoms with van der Waals surface area (Å²) in [6.07, 6.45) is 1.27. The standard InChI is InChI=1S/C5H15NO3Si/c1-2-5(6)3-4-10(7,8)9/h5,7-9H,2-4,6H2,1H3. The predicted molar refractivity (Wildman–Crippen MR) is 40.1 cm³/mol. The summed E-state index contributed by atoms with van der Waals surface area (Å²) in [6.45, 7) is 1.92. The highest BCUT2D eigenvalue weighted by molar-refractivity contribution is 6.56. The van der Waals surface area contributed by atoms with Gasteiger partial charge in [-0.1, -0.05) is 6.92 Å². The normalized spacial score (nSPS) is 15.3. The Morgan fingerprint density at radius 3 is 2.20 bits per heavy atom. The van der Waals surface area contributed by atoms with Crippen molar-refractivity contribution in [3.8, 4) is 0 Å². The van der Waals surface area contributed by atoms with Crippen molar-refractivity contribution in [2.45, 2.75) is 31.9 Å². The average molecular weight is 165 g/mol. The first-order valence-electron chi connectivity index (χ1n) is 3.38. The second-order valence-corrected chi connectivity index (χ2v) is 4.53. The molecule has 1 atom stereocenters. The molecule has 0 aliphatic heterocycles. The molecule has 0 spiro atoms. The maximum Gasteiger partial charge on any atom is 0.492 e. The van der Waals surface area contributed by atoms with Crippen molar-refractivity contribution in [2.75, 3.05) is 0 Å². The highest BCUT2D eigenvalue weighted by Crippen LogP contribution is 2.05. The molecular weight excluding hydrogens is 150 g/mol. The maximum atomic E-state index is 8.56. The summed E-state index contributed by atoms with van der Waals surface area (Å²) in [5.74, 6) is 0. The third-order valence-electron chi connectivity index (χ3n) is 1.37. The van der Waals surface area contributed by atoms with Crippen LogP contribution in [0.5, 0.6) is 0 Å². The number of hydrogen-bond donors (Lipinski definition) is 4. The molecule has 0 radical (unpaired) electrons. The minimum absolute atomic E-state index is 0.0293. The van der Waals surface area contributed by atoms with Crippen molar-refractivity contribution in [3.05, 3.63) is 0 Å². The molecule has 5 heteroatoms. The average Bonchev–Trinajstić information content (AvgIpc) is 1.81. The van der Waals surface area contributed by atoms with Crippen LogP contribution in [0.15, 0.2) is 0 Å². The smallest absolute Gasteiger partial charge is 0.390 e. The van der Waals surface area contributed by atoms with Gasteiger partial charge >= 0.3 is 8.80 Å². The van der Waals surface area contributed by atoms with E-state index in [4.69, 9.17) is 20.1 Å². The molecule has 4 nitrogen and oxygen atoms in total. The van der Waals surface area contributed by atoms with Gasteiger partial charge in [0, 0.05) is 12.1 Å². The zero-order valence-electron chi connectivity index (χ0n) is 6.12. The van der Waals surface area contributed by atoms with Gasteiger partial charge in [-0.15, -0.1) is 0 Å². The quantitative estimate of drug-likeness (QED) is 0.404. The van der Waals surface area contributed by atoms with E-state index < -0.39 is 8.80 Å². The molecule has 0 fully saturated rings. The van der Waals surface area contributed by atoms with Gasteiger partial charge in [-0.25, -0.2) is 0 Å². The Labute approximate surface area is 61.7 Å².